The van der Waals surface area contributed by atoms with Crippen molar-refractivity contribution in [3.05, 3.63) is 0 Å². The molecule has 0 amide bonds. The van der Waals surface area contributed by atoms with Crippen LogP contribution in [-0.2, 0) is 9.59 Å². The molecule has 0 aliphatic heterocycles. The van der Waals surface area contributed by atoms with Gasteiger partial charge >= 0.3 is 0 Å². The quantitative estimate of drug-likeness (QED) is 0.281. The summed E-state index contributed by atoms with van der Waals surface area (Å²) in [5.41, 5.74) is 0. The molecular formula is C12H22O6. The van der Waals surface area contributed by atoms with E-state index in [1.807, 2.05) is 0 Å². The van der Waals surface area contributed by atoms with Gasteiger partial charge < -0.3 is 25.2 Å². The zero-order valence-electron chi connectivity index (χ0n) is 10.4. The zero-order valence-corrected chi connectivity index (χ0v) is 10.4. The molecule has 6 nitrogen and oxygen atoms in total. The van der Waals surface area contributed by atoms with Gasteiger partial charge in [0.2, 0.25) is 0 Å². The SMILES string of the molecule is O=CCCCC(C(=O)C(O)CCO)C(O)CCO. The summed E-state index contributed by atoms with van der Waals surface area (Å²) in [6, 6.07) is 0. The minimum Gasteiger partial charge on any atom is -0.396 e. The number of hydrogen-bond acceptors (Lipinski definition) is 6. The lowest BCUT2D eigenvalue weighted by Gasteiger charge is -2.23. The van der Waals surface area contributed by atoms with Gasteiger partial charge in [0.05, 0.1) is 6.10 Å². The van der Waals surface area contributed by atoms with Gasteiger partial charge in [-0.3, -0.25) is 4.79 Å². The molecule has 0 saturated heterocycles. The van der Waals surface area contributed by atoms with E-state index in [1.54, 1.807) is 0 Å². The molecule has 0 aromatic carbocycles. The lowest BCUT2D eigenvalue weighted by Crippen LogP contribution is -2.36. The number of carbonyl (C=O) groups is 2. The maximum atomic E-state index is 11.9. The third-order valence-electron chi connectivity index (χ3n) is 2.82. The fourth-order valence-electron chi connectivity index (χ4n) is 1.79. The number of hydrogen-bond donors (Lipinski definition) is 4. The third-order valence-corrected chi connectivity index (χ3v) is 2.82. The highest BCUT2D eigenvalue weighted by atomic mass is 16.3. The Hall–Kier alpha value is -0.820. The lowest BCUT2D eigenvalue weighted by atomic mass is 9.87. The van der Waals surface area contributed by atoms with Gasteiger partial charge in [-0.25, -0.2) is 0 Å². The summed E-state index contributed by atoms with van der Waals surface area (Å²) in [5, 5.41) is 36.7. The van der Waals surface area contributed by atoms with Crippen molar-refractivity contribution in [2.75, 3.05) is 13.2 Å². The molecule has 0 rings (SSSR count). The van der Waals surface area contributed by atoms with Crippen LogP contribution >= 0.6 is 0 Å². The zero-order chi connectivity index (χ0) is 14.0. The van der Waals surface area contributed by atoms with E-state index in [-0.39, 0.29) is 38.9 Å². The van der Waals surface area contributed by atoms with Gasteiger partial charge in [-0.1, -0.05) is 0 Å². The van der Waals surface area contributed by atoms with Crippen LogP contribution in [0.1, 0.15) is 32.1 Å². The van der Waals surface area contributed by atoms with E-state index in [2.05, 4.69) is 0 Å². The summed E-state index contributed by atoms with van der Waals surface area (Å²) in [7, 11) is 0. The summed E-state index contributed by atoms with van der Waals surface area (Å²) in [4.78, 5) is 22.1. The molecule has 0 saturated carbocycles. The van der Waals surface area contributed by atoms with Crippen LogP contribution in [0, 0.1) is 5.92 Å². The number of aliphatic hydroxyl groups is 4. The second kappa shape index (κ2) is 10.1. The third kappa shape index (κ3) is 6.20. The van der Waals surface area contributed by atoms with Crippen LogP contribution in [0.2, 0.25) is 0 Å². The average Bonchev–Trinajstić information content (AvgIpc) is 2.34. The van der Waals surface area contributed by atoms with Crippen molar-refractivity contribution in [3.63, 3.8) is 0 Å². The number of aldehydes is 1. The molecule has 0 aliphatic carbocycles. The van der Waals surface area contributed by atoms with Crippen molar-refractivity contribution in [3.8, 4) is 0 Å². The maximum Gasteiger partial charge on any atom is 0.166 e. The standard InChI is InChI=1S/C12H22O6/c13-6-2-1-3-9(10(16)4-7-14)12(18)11(17)5-8-15/h6,9-11,14-17H,1-5,7-8H2. The highest BCUT2D eigenvalue weighted by molar-refractivity contribution is 5.85. The van der Waals surface area contributed by atoms with E-state index < -0.39 is 23.9 Å². The molecule has 0 bridgehead atoms. The van der Waals surface area contributed by atoms with Crippen molar-refractivity contribution >= 4 is 12.1 Å². The second-order valence-electron chi connectivity index (χ2n) is 4.21. The number of Topliss-reactive ketones (excluding diaryl/α,β-unsaturated/α-hetero) is 1. The molecule has 0 spiro atoms. The Balaban J connectivity index is 4.51. The van der Waals surface area contributed by atoms with Crippen molar-refractivity contribution in [1.82, 2.24) is 0 Å². The van der Waals surface area contributed by atoms with Crippen LogP contribution in [0.15, 0.2) is 0 Å². The molecule has 0 fully saturated rings. The van der Waals surface area contributed by atoms with Crippen molar-refractivity contribution < 1.29 is 30.0 Å². The van der Waals surface area contributed by atoms with Gasteiger partial charge in [0.1, 0.15) is 12.4 Å². The molecule has 6 heteroatoms. The predicted octanol–water partition coefficient (Wildman–Crippen LogP) is -0.973. The van der Waals surface area contributed by atoms with Gasteiger partial charge in [-0.2, -0.15) is 0 Å². The first kappa shape index (κ1) is 17.2. The Kier molecular flexibility index (Phi) is 9.67. The first-order chi connectivity index (χ1) is 8.58. The van der Waals surface area contributed by atoms with Crippen LogP contribution in [-0.4, -0.2) is 57.9 Å². The molecule has 0 aromatic rings. The highest BCUT2D eigenvalue weighted by Crippen LogP contribution is 2.19. The minimum absolute atomic E-state index is 0.0450. The first-order valence-electron chi connectivity index (χ1n) is 6.13. The highest BCUT2D eigenvalue weighted by Gasteiger charge is 2.30. The minimum atomic E-state index is -1.32. The van der Waals surface area contributed by atoms with E-state index in [4.69, 9.17) is 10.2 Å². The largest absolute Gasteiger partial charge is 0.396 e. The van der Waals surface area contributed by atoms with Crippen molar-refractivity contribution in [2.45, 2.75) is 44.3 Å². The fourth-order valence-corrected chi connectivity index (χ4v) is 1.79. The Morgan fingerprint density at radius 2 is 1.67 bits per heavy atom. The molecule has 3 atom stereocenters. The molecule has 0 radical (unpaired) electrons. The fraction of sp³-hybridized carbons (Fsp3) is 0.833. The second-order valence-corrected chi connectivity index (χ2v) is 4.21. The van der Waals surface area contributed by atoms with Crippen LogP contribution in [0.3, 0.4) is 0 Å². The molecule has 18 heavy (non-hydrogen) atoms. The van der Waals surface area contributed by atoms with Crippen LogP contribution in [0.4, 0.5) is 0 Å². The van der Waals surface area contributed by atoms with E-state index in [9.17, 15) is 19.8 Å². The van der Waals surface area contributed by atoms with Crippen LogP contribution in [0.25, 0.3) is 0 Å². The van der Waals surface area contributed by atoms with Gasteiger partial charge in [0.25, 0.3) is 0 Å². The van der Waals surface area contributed by atoms with Crippen LogP contribution < -0.4 is 0 Å². The van der Waals surface area contributed by atoms with E-state index >= 15 is 0 Å². The molecule has 4 N–H and O–H groups in total. The summed E-state index contributed by atoms with van der Waals surface area (Å²) in [5.74, 6) is -1.35. The summed E-state index contributed by atoms with van der Waals surface area (Å²) >= 11 is 0. The van der Waals surface area contributed by atoms with Crippen LogP contribution in [0.5, 0.6) is 0 Å². The summed E-state index contributed by atoms with van der Waals surface area (Å²) in [6.45, 7) is -0.571. The predicted molar refractivity (Wildman–Crippen MR) is 63.8 cm³/mol. The number of aliphatic hydroxyl groups excluding tert-OH is 4. The number of rotatable bonds is 11. The molecule has 0 aliphatic rings. The number of carbonyl (C=O) groups excluding carboxylic acids is 2. The topological polar surface area (TPSA) is 115 Å². The molecular weight excluding hydrogens is 240 g/mol. The average molecular weight is 262 g/mol. The maximum absolute atomic E-state index is 11.9. The molecule has 0 aromatic heterocycles. The smallest absolute Gasteiger partial charge is 0.166 e. The van der Waals surface area contributed by atoms with Gasteiger partial charge in [0.15, 0.2) is 5.78 Å². The van der Waals surface area contributed by atoms with Gasteiger partial charge in [0, 0.05) is 32.0 Å². The summed E-state index contributed by atoms with van der Waals surface area (Å²) < 4.78 is 0. The molecule has 0 heterocycles. The Bertz CT molecular complexity index is 243. The Morgan fingerprint density at radius 3 is 2.17 bits per heavy atom. The van der Waals surface area contributed by atoms with E-state index in [0.29, 0.717) is 6.42 Å². The lowest BCUT2D eigenvalue weighted by molar-refractivity contribution is -0.136. The molecule has 106 valence electrons. The Labute approximate surface area is 106 Å². The normalized spacial score (nSPS) is 16.0. The first-order valence-corrected chi connectivity index (χ1v) is 6.13. The van der Waals surface area contributed by atoms with Crippen molar-refractivity contribution in [2.24, 2.45) is 5.92 Å². The van der Waals surface area contributed by atoms with Gasteiger partial charge in [-0.05, 0) is 19.3 Å². The van der Waals surface area contributed by atoms with E-state index in [1.165, 1.54) is 0 Å². The Morgan fingerprint density at radius 1 is 1.06 bits per heavy atom. The molecule has 3 unspecified atom stereocenters. The van der Waals surface area contributed by atoms with Gasteiger partial charge in [-0.15, -0.1) is 0 Å². The monoisotopic (exact) mass is 262 g/mol. The number of ketones is 1. The number of unbranched alkanes of at least 4 members (excludes halogenated alkanes) is 1. The van der Waals surface area contributed by atoms with Crippen molar-refractivity contribution in [1.29, 1.82) is 0 Å². The summed E-state index contributed by atoms with van der Waals surface area (Å²) in [6.07, 6.45) is -0.657. The van der Waals surface area contributed by atoms with E-state index in [0.717, 1.165) is 6.29 Å².